The van der Waals surface area contributed by atoms with Crippen LogP contribution in [-0.4, -0.2) is 18.5 Å². The first-order valence-corrected chi connectivity index (χ1v) is 7.53. The zero-order chi connectivity index (χ0) is 12.3. The minimum Gasteiger partial charge on any atom is -0.355 e. The first kappa shape index (κ1) is 13.1. The molecule has 0 bridgehead atoms. The first-order chi connectivity index (χ1) is 8.16. The highest BCUT2D eigenvalue weighted by atomic mass is 79.9. The lowest BCUT2D eigenvalue weighted by Gasteiger charge is -2.14. The highest BCUT2D eigenvalue weighted by Gasteiger charge is 2.19. The van der Waals surface area contributed by atoms with Gasteiger partial charge in [-0.3, -0.25) is 4.79 Å². The summed E-state index contributed by atoms with van der Waals surface area (Å²) in [7, 11) is 0. The van der Waals surface area contributed by atoms with Crippen LogP contribution in [0, 0.1) is 6.92 Å². The van der Waals surface area contributed by atoms with Gasteiger partial charge in [0.1, 0.15) is 0 Å². The summed E-state index contributed by atoms with van der Waals surface area (Å²) in [6, 6.07) is 2.10. The molecule has 1 fully saturated rings. The van der Waals surface area contributed by atoms with Crippen LogP contribution in [0.4, 0.5) is 0 Å². The summed E-state index contributed by atoms with van der Waals surface area (Å²) >= 11 is 5.28. The number of hydrogen-bond acceptors (Lipinski definition) is 3. The van der Waals surface area contributed by atoms with Gasteiger partial charge in [-0.15, -0.1) is 11.3 Å². The second-order valence-corrected chi connectivity index (χ2v) is 6.53. The summed E-state index contributed by atoms with van der Waals surface area (Å²) in [6.45, 7) is 3.69. The van der Waals surface area contributed by atoms with Gasteiger partial charge in [0, 0.05) is 27.3 Å². The SMILES string of the molecule is Cc1sc(CNC2CCCCNC2=O)cc1Br. The number of hydrogen-bond donors (Lipinski definition) is 2. The van der Waals surface area contributed by atoms with E-state index in [0.29, 0.717) is 0 Å². The van der Waals surface area contributed by atoms with Crippen molar-refractivity contribution < 1.29 is 4.79 Å². The maximum absolute atomic E-state index is 11.7. The van der Waals surface area contributed by atoms with Crippen LogP contribution in [0.3, 0.4) is 0 Å². The number of rotatable bonds is 3. The Labute approximate surface area is 114 Å². The lowest BCUT2D eigenvalue weighted by molar-refractivity contribution is -0.122. The van der Waals surface area contributed by atoms with Crippen LogP contribution in [0.15, 0.2) is 10.5 Å². The zero-order valence-corrected chi connectivity index (χ0v) is 12.3. The summed E-state index contributed by atoms with van der Waals surface area (Å²) in [6.07, 6.45) is 3.15. The van der Waals surface area contributed by atoms with Crippen molar-refractivity contribution in [1.82, 2.24) is 10.6 Å². The van der Waals surface area contributed by atoms with E-state index in [1.165, 1.54) is 9.75 Å². The fourth-order valence-corrected chi connectivity index (χ4v) is 3.52. The van der Waals surface area contributed by atoms with Crippen molar-refractivity contribution in [3.8, 4) is 0 Å². The maximum atomic E-state index is 11.7. The molecule has 1 aliphatic heterocycles. The third-order valence-electron chi connectivity index (χ3n) is 2.97. The van der Waals surface area contributed by atoms with Crippen molar-refractivity contribution in [3.63, 3.8) is 0 Å². The number of amides is 1. The van der Waals surface area contributed by atoms with Gasteiger partial charge in [0.15, 0.2) is 0 Å². The van der Waals surface area contributed by atoms with E-state index >= 15 is 0 Å². The van der Waals surface area contributed by atoms with E-state index in [1.54, 1.807) is 11.3 Å². The molecule has 17 heavy (non-hydrogen) atoms. The van der Waals surface area contributed by atoms with E-state index < -0.39 is 0 Å². The summed E-state index contributed by atoms with van der Waals surface area (Å²) in [5.74, 6) is 0.148. The summed E-state index contributed by atoms with van der Waals surface area (Å²) in [5, 5.41) is 6.29. The number of nitrogens with one attached hydrogen (secondary N) is 2. The van der Waals surface area contributed by atoms with E-state index in [1.807, 2.05) is 0 Å². The summed E-state index contributed by atoms with van der Waals surface area (Å²) in [4.78, 5) is 14.3. The molecule has 2 rings (SSSR count). The Bertz CT molecular complexity index is 386. The van der Waals surface area contributed by atoms with Crippen LogP contribution in [0.2, 0.25) is 0 Å². The number of thiophene rings is 1. The predicted octanol–water partition coefficient (Wildman–Crippen LogP) is 2.58. The van der Waals surface area contributed by atoms with Crippen molar-refractivity contribution in [3.05, 3.63) is 20.3 Å². The Hall–Kier alpha value is -0.390. The fraction of sp³-hybridized carbons (Fsp3) is 0.583. The molecule has 0 saturated carbocycles. The van der Waals surface area contributed by atoms with Crippen molar-refractivity contribution in [2.24, 2.45) is 0 Å². The van der Waals surface area contributed by atoms with E-state index in [9.17, 15) is 4.79 Å². The van der Waals surface area contributed by atoms with Crippen molar-refractivity contribution in [2.75, 3.05) is 6.54 Å². The molecule has 1 aliphatic rings. The monoisotopic (exact) mass is 316 g/mol. The Kier molecular flexibility index (Phi) is 4.59. The van der Waals surface area contributed by atoms with Gasteiger partial charge in [-0.1, -0.05) is 0 Å². The Morgan fingerprint density at radius 2 is 2.41 bits per heavy atom. The second kappa shape index (κ2) is 5.98. The molecule has 2 N–H and O–H groups in total. The van der Waals surface area contributed by atoms with E-state index in [-0.39, 0.29) is 11.9 Å². The molecule has 1 aromatic heterocycles. The Balaban J connectivity index is 1.90. The molecule has 1 atom stereocenters. The highest BCUT2D eigenvalue weighted by Crippen LogP contribution is 2.26. The lowest BCUT2D eigenvalue weighted by Crippen LogP contribution is -2.42. The van der Waals surface area contributed by atoms with Crippen LogP contribution in [0.5, 0.6) is 0 Å². The number of carbonyl (C=O) groups is 1. The predicted molar refractivity (Wildman–Crippen MR) is 74.2 cm³/mol. The van der Waals surface area contributed by atoms with Crippen molar-refractivity contribution in [1.29, 1.82) is 0 Å². The van der Waals surface area contributed by atoms with Crippen LogP contribution >= 0.6 is 27.3 Å². The molecule has 1 amide bonds. The summed E-state index contributed by atoms with van der Waals surface area (Å²) in [5.41, 5.74) is 0. The van der Waals surface area contributed by atoms with Gasteiger partial charge >= 0.3 is 0 Å². The minimum absolute atomic E-state index is 0.0290. The largest absolute Gasteiger partial charge is 0.355 e. The molecular weight excluding hydrogens is 300 g/mol. The Morgan fingerprint density at radius 3 is 3.12 bits per heavy atom. The quantitative estimate of drug-likeness (QED) is 0.900. The van der Waals surface area contributed by atoms with Gasteiger partial charge in [0.05, 0.1) is 6.04 Å². The van der Waals surface area contributed by atoms with Gasteiger partial charge in [-0.05, 0) is 48.2 Å². The second-order valence-electron chi connectivity index (χ2n) is 4.34. The van der Waals surface area contributed by atoms with E-state index in [4.69, 9.17) is 0 Å². The highest BCUT2D eigenvalue weighted by molar-refractivity contribution is 9.10. The minimum atomic E-state index is -0.0290. The molecule has 0 aromatic carbocycles. The third-order valence-corrected chi connectivity index (χ3v) is 5.10. The molecule has 1 aromatic rings. The zero-order valence-electron chi connectivity index (χ0n) is 9.88. The molecule has 2 heterocycles. The average Bonchev–Trinajstić information content (AvgIpc) is 2.50. The topological polar surface area (TPSA) is 41.1 Å². The number of halogens is 1. The van der Waals surface area contributed by atoms with Gasteiger partial charge in [0.25, 0.3) is 0 Å². The molecule has 0 spiro atoms. The van der Waals surface area contributed by atoms with Crippen LogP contribution in [0.1, 0.15) is 29.0 Å². The van der Waals surface area contributed by atoms with Crippen molar-refractivity contribution in [2.45, 2.75) is 38.8 Å². The number of carbonyl (C=O) groups excluding carboxylic acids is 1. The normalized spacial score (nSPS) is 21.1. The smallest absolute Gasteiger partial charge is 0.237 e. The standard InChI is InChI=1S/C12H17BrN2OS/c1-8-10(13)6-9(17-8)7-15-11-4-2-3-5-14-12(11)16/h6,11,15H,2-5,7H2,1H3,(H,14,16). The van der Waals surface area contributed by atoms with Gasteiger partial charge < -0.3 is 10.6 Å². The molecule has 0 radical (unpaired) electrons. The summed E-state index contributed by atoms with van der Waals surface area (Å²) < 4.78 is 1.16. The Morgan fingerprint density at radius 1 is 1.59 bits per heavy atom. The average molecular weight is 317 g/mol. The molecule has 3 nitrogen and oxygen atoms in total. The molecule has 94 valence electrons. The van der Waals surface area contributed by atoms with Crippen LogP contribution in [-0.2, 0) is 11.3 Å². The maximum Gasteiger partial charge on any atom is 0.237 e. The van der Waals surface area contributed by atoms with Crippen LogP contribution in [0.25, 0.3) is 0 Å². The lowest BCUT2D eigenvalue weighted by atomic mass is 10.1. The van der Waals surface area contributed by atoms with Gasteiger partial charge in [0.2, 0.25) is 5.91 Å². The molecule has 1 unspecified atom stereocenters. The van der Waals surface area contributed by atoms with E-state index in [0.717, 1.165) is 36.8 Å². The van der Waals surface area contributed by atoms with E-state index in [2.05, 4.69) is 39.6 Å². The molecular formula is C12H17BrN2OS. The molecule has 5 heteroatoms. The van der Waals surface area contributed by atoms with Crippen LogP contribution < -0.4 is 10.6 Å². The molecule has 1 saturated heterocycles. The number of aryl methyl sites for hydroxylation is 1. The van der Waals surface area contributed by atoms with Gasteiger partial charge in [-0.2, -0.15) is 0 Å². The first-order valence-electron chi connectivity index (χ1n) is 5.92. The van der Waals surface area contributed by atoms with Gasteiger partial charge in [-0.25, -0.2) is 0 Å². The fourth-order valence-electron chi connectivity index (χ4n) is 1.96. The third kappa shape index (κ3) is 3.53. The molecule has 0 aliphatic carbocycles. The van der Waals surface area contributed by atoms with Crippen molar-refractivity contribution >= 4 is 33.2 Å².